The summed E-state index contributed by atoms with van der Waals surface area (Å²) >= 11 is 0. The number of carbonyl (C=O) groups excluding carboxylic acids is 2. The number of urea groups is 1. The zero-order valence-corrected chi connectivity index (χ0v) is 14.8. The second-order valence-electron chi connectivity index (χ2n) is 7.72. The molecule has 2 fully saturated rings. The standard InChI is InChI=1S/C20H28N2O2/c1-20(17-11-7-4-8-12-17)14-21(2)19(24)22(15-20)13-18(23)16-9-5-3-6-10-16/h4,7-8,11-12,16H,3,5-6,9-10,13-15H2,1-2H3. The van der Waals surface area contributed by atoms with Crippen molar-refractivity contribution in [3.63, 3.8) is 0 Å². The number of hydrogen-bond donors (Lipinski definition) is 0. The summed E-state index contributed by atoms with van der Waals surface area (Å²) in [4.78, 5) is 28.7. The van der Waals surface area contributed by atoms with Crippen LogP contribution in [0.3, 0.4) is 0 Å². The predicted octanol–water partition coefficient (Wildman–Crippen LogP) is 3.46. The lowest BCUT2D eigenvalue weighted by Gasteiger charge is -2.45. The molecule has 0 bridgehead atoms. The molecule has 1 aliphatic carbocycles. The van der Waals surface area contributed by atoms with E-state index in [4.69, 9.17) is 0 Å². The molecule has 24 heavy (non-hydrogen) atoms. The maximum absolute atomic E-state index is 12.7. The third-order valence-corrected chi connectivity index (χ3v) is 5.60. The highest BCUT2D eigenvalue weighted by Gasteiger charge is 2.40. The first-order valence-corrected chi connectivity index (χ1v) is 9.08. The monoisotopic (exact) mass is 328 g/mol. The number of Topliss-reactive ketones (excluding diaryl/α,β-unsaturated/α-hetero) is 1. The molecule has 4 nitrogen and oxygen atoms in total. The van der Waals surface area contributed by atoms with Gasteiger partial charge >= 0.3 is 6.03 Å². The van der Waals surface area contributed by atoms with Crippen molar-refractivity contribution in [2.24, 2.45) is 5.92 Å². The molecule has 0 radical (unpaired) electrons. The molecule has 1 aliphatic heterocycles. The minimum Gasteiger partial charge on any atom is -0.327 e. The predicted molar refractivity (Wildman–Crippen MR) is 95.0 cm³/mol. The van der Waals surface area contributed by atoms with E-state index in [1.54, 1.807) is 9.80 Å². The maximum Gasteiger partial charge on any atom is 0.320 e. The first-order valence-electron chi connectivity index (χ1n) is 9.08. The Bertz CT molecular complexity index is 595. The molecule has 0 spiro atoms. The van der Waals surface area contributed by atoms with Crippen LogP contribution in [0.5, 0.6) is 0 Å². The minimum atomic E-state index is -0.142. The molecule has 0 aromatic heterocycles. The maximum atomic E-state index is 12.7. The zero-order valence-electron chi connectivity index (χ0n) is 14.8. The Labute approximate surface area is 144 Å². The molecule has 1 unspecified atom stereocenters. The van der Waals surface area contributed by atoms with Gasteiger partial charge in [-0.25, -0.2) is 4.79 Å². The van der Waals surface area contributed by atoms with E-state index in [1.165, 1.54) is 12.0 Å². The van der Waals surface area contributed by atoms with Crippen molar-refractivity contribution in [2.75, 3.05) is 26.7 Å². The fraction of sp³-hybridized carbons (Fsp3) is 0.600. The normalized spacial score (nSPS) is 25.8. The molecule has 1 aromatic carbocycles. The SMILES string of the molecule is CN1CC(C)(c2ccccc2)CN(CC(=O)C2CCCCC2)C1=O. The van der Waals surface area contributed by atoms with Gasteiger partial charge in [0, 0.05) is 31.5 Å². The average molecular weight is 328 g/mol. The van der Waals surface area contributed by atoms with E-state index in [2.05, 4.69) is 19.1 Å². The number of amides is 2. The largest absolute Gasteiger partial charge is 0.327 e. The molecule has 1 heterocycles. The molecule has 0 N–H and O–H groups in total. The second kappa shape index (κ2) is 6.96. The highest BCUT2D eigenvalue weighted by molar-refractivity contribution is 5.87. The van der Waals surface area contributed by atoms with Crippen LogP contribution in [-0.4, -0.2) is 48.3 Å². The fourth-order valence-corrected chi connectivity index (χ4v) is 4.26. The van der Waals surface area contributed by atoms with Crippen LogP contribution in [-0.2, 0) is 10.2 Å². The van der Waals surface area contributed by atoms with E-state index < -0.39 is 0 Å². The Hall–Kier alpha value is -1.84. The summed E-state index contributed by atoms with van der Waals surface area (Å²) in [6.07, 6.45) is 5.51. The van der Waals surface area contributed by atoms with E-state index in [-0.39, 0.29) is 29.7 Å². The van der Waals surface area contributed by atoms with Crippen molar-refractivity contribution in [1.29, 1.82) is 0 Å². The van der Waals surface area contributed by atoms with E-state index in [0.717, 1.165) is 25.7 Å². The average Bonchev–Trinajstić information content (AvgIpc) is 2.61. The van der Waals surface area contributed by atoms with Gasteiger partial charge in [0.1, 0.15) is 0 Å². The molecule has 130 valence electrons. The van der Waals surface area contributed by atoms with Crippen LogP contribution in [0.15, 0.2) is 30.3 Å². The number of carbonyl (C=O) groups is 2. The van der Waals surface area contributed by atoms with E-state index in [9.17, 15) is 9.59 Å². The minimum absolute atomic E-state index is 0.0208. The third kappa shape index (κ3) is 3.47. The lowest BCUT2D eigenvalue weighted by Crippen LogP contribution is -2.59. The van der Waals surface area contributed by atoms with Crippen LogP contribution in [0.4, 0.5) is 4.79 Å². The van der Waals surface area contributed by atoms with Crippen LogP contribution in [0.25, 0.3) is 0 Å². The summed E-state index contributed by atoms with van der Waals surface area (Å²) < 4.78 is 0. The van der Waals surface area contributed by atoms with Gasteiger partial charge in [0.25, 0.3) is 0 Å². The van der Waals surface area contributed by atoms with Gasteiger partial charge < -0.3 is 9.80 Å². The van der Waals surface area contributed by atoms with E-state index >= 15 is 0 Å². The van der Waals surface area contributed by atoms with Crippen molar-refractivity contribution in [3.8, 4) is 0 Å². The number of ketones is 1. The molecule has 2 amide bonds. The molecule has 1 atom stereocenters. The Kier molecular flexibility index (Phi) is 4.93. The molecule has 4 heteroatoms. The lowest BCUT2D eigenvalue weighted by molar-refractivity contribution is -0.124. The Morgan fingerprint density at radius 3 is 2.46 bits per heavy atom. The van der Waals surface area contributed by atoms with E-state index in [1.807, 2.05) is 25.2 Å². The van der Waals surface area contributed by atoms with Gasteiger partial charge in [0.2, 0.25) is 0 Å². The number of nitrogens with zero attached hydrogens (tertiary/aromatic N) is 2. The lowest BCUT2D eigenvalue weighted by atomic mass is 9.80. The van der Waals surface area contributed by atoms with Crippen molar-refractivity contribution in [2.45, 2.75) is 44.4 Å². The summed E-state index contributed by atoms with van der Waals surface area (Å²) in [5, 5.41) is 0. The second-order valence-corrected chi connectivity index (χ2v) is 7.72. The molecule has 1 saturated heterocycles. The first kappa shape index (κ1) is 17.0. The van der Waals surface area contributed by atoms with Crippen LogP contribution in [0.2, 0.25) is 0 Å². The van der Waals surface area contributed by atoms with Gasteiger partial charge in [-0.15, -0.1) is 0 Å². The molecular weight excluding hydrogens is 300 g/mol. The quantitative estimate of drug-likeness (QED) is 0.849. The van der Waals surface area contributed by atoms with Crippen LogP contribution < -0.4 is 0 Å². The van der Waals surface area contributed by atoms with Crippen molar-refractivity contribution < 1.29 is 9.59 Å². The number of benzene rings is 1. The van der Waals surface area contributed by atoms with Crippen molar-refractivity contribution in [1.82, 2.24) is 9.80 Å². The van der Waals surface area contributed by atoms with Gasteiger partial charge in [-0.2, -0.15) is 0 Å². The molecular formula is C20H28N2O2. The molecule has 3 rings (SSSR count). The Morgan fingerprint density at radius 1 is 1.12 bits per heavy atom. The Morgan fingerprint density at radius 2 is 1.79 bits per heavy atom. The van der Waals surface area contributed by atoms with Gasteiger partial charge in [0.05, 0.1) is 6.54 Å². The van der Waals surface area contributed by atoms with Gasteiger partial charge in [-0.3, -0.25) is 4.79 Å². The molecule has 1 saturated carbocycles. The first-order chi connectivity index (χ1) is 11.5. The number of rotatable bonds is 4. The topological polar surface area (TPSA) is 40.6 Å². The van der Waals surface area contributed by atoms with Crippen molar-refractivity contribution >= 4 is 11.8 Å². The number of likely N-dealkylation sites (N-methyl/N-ethyl adjacent to an activating group) is 1. The number of hydrogen-bond acceptors (Lipinski definition) is 2. The highest BCUT2D eigenvalue weighted by atomic mass is 16.2. The summed E-state index contributed by atoms with van der Waals surface area (Å²) in [5.74, 6) is 0.399. The van der Waals surface area contributed by atoms with Gasteiger partial charge in [-0.1, -0.05) is 56.5 Å². The third-order valence-electron chi connectivity index (χ3n) is 5.60. The molecule has 2 aliphatic rings. The summed E-state index contributed by atoms with van der Waals surface area (Å²) in [6, 6.07) is 10.3. The highest BCUT2D eigenvalue weighted by Crippen LogP contribution is 2.31. The fourth-order valence-electron chi connectivity index (χ4n) is 4.26. The van der Waals surface area contributed by atoms with Crippen LogP contribution >= 0.6 is 0 Å². The van der Waals surface area contributed by atoms with Crippen LogP contribution in [0.1, 0.15) is 44.6 Å². The van der Waals surface area contributed by atoms with Gasteiger partial charge in [0.15, 0.2) is 5.78 Å². The summed E-state index contributed by atoms with van der Waals surface area (Å²) in [7, 11) is 1.83. The zero-order chi connectivity index (χ0) is 17.2. The summed E-state index contributed by atoms with van der Waals surface area (Å²) in [6.45, 7) is 3.74. The Balaban J connectivity index is 1.74. The smallest absolute Gasteiger partial charge is 0.320 e. The summed E-state index contributed by atoms with van der Waals surface area (Å²) in [5.41, 5.74) is 1.08. The molecule has 1 aromatic rings. The van der Waals surface area contributed by atoms with E-state index in [0.29, 0.717) is 13.1 Å². The van der Waals surface area contributed by atoms with Crippen LogP contribution in [0, 0.1) is 5.92 Å². The van der Waals surface area contributed by atoms with Gasteiger partial charge in [-0.05, 0) is 18.4 Å². The van der Waals surface area contributed by atoms with Crippen molar-refractivity contribution in [3.05, 3.63) is 35.9 Å².